The maximum Gasteiger partial charge on any atom is 0.332 e. The summed E-state index contributed by atoms with van der Waals surface area (Å²) in [4.78, 5) is 40.7. The van der Waals surface area contributed by atoms with Crippen molar-refractivity contribution < 1.29 is 14.4 Å². The summed E-state index contributed by atoms with van der Waals surface area (Å²) in [6.07, 6.45) is 1.53. The van der Waals surface area contributed by atoms with E-state index in [2.05, 4.69) is 15.5 Å². The van der Waals surface area contributed by atoms with Crippen LogP contribution in [0.15, 0.2) is 75.4 Å². The molecule has 0 spiro atoms. The minimum Gasteiger partial charge on any atom is -0.493 e. The molecule has 0 aliphatic rings. The van der Waals surface area contributed by atoms with E-state index in [1.807, 2.05) is 0 Å². The molecular formula is C28H23Cl2N7O6. The number of fused-ring (bicyclic) bond motifs is 1. The Kier molecular flexibility index (Phi) is 8.19. The molecule has 0 aliphatic heterocycles. The van der Waals surface area contributed by atoms with Crippen molar-refractivity contribution >= 4 is 52.0 Å². The first-order chi connectivity index (χ1) is 20.6. The summed E-state index contributed by atoms with van der Waals surface area (Å²) in [7, 11) is 4.37. The van der Waals surface area contributed by atoms with Crippen molar-refractivity contribution in [2.45, 2.75) is 6.54 Å². The van der Waals surface area contributed by atoms with Crippen LogP contribution < -0.4 is 26.1 Å². The average Bonchev–Trinajstić information content (AvgIpc) is 3.35. The Morgan fingerprint density at radius 2 is 1.77 bits per heavy atom. The van der Waals surface area contributed by atoms with Gasteiger partial charge in [0.1, 0.15) is 0 Å². The summed E-state index contributed by atoms with van der Waals surface area (Å²) < 4.78 is 15.5. The second-order valence-corrected chi connectivity index (χ2v) is 10.1. The Morgan fingerprint density at radius 1 is 1.02 bits per heavy atom. The molecule has 15 heteroatoms. The van der Waals surface area contributed by atoms with Crippen molar-refractivity contribution in [2.24, 2.45) is 19.2 Å². The molecule has 0 bridgehead atoms. The Bertz CT molecular complexity index is 2020. The van der Waals surface area contributed by atoms with Crippen molar-refractivity contribution in [3.63, 3.8) is 0 Å². The normalized spacial score (nSPS) is 11.3. The fraction of sp³-hybridized carbons (Fsp3) is 0.143. The van der Waals surface area contributed by atoms with Crippen LogP contribution in [0.2, 0.25) is 10.0 Å². The lowest BCUT2D eigenvalue weighted by atomic mass is 10.2. The van der Waals surface area contributed by atoms with E-state index in [-0.39, 0.29) is 35.2 Å². The van der Waals surface area contributed by atoms with Crippen molar-refractivity contribution in [3.8, 4) is 17.5 Å². The Labute approximate surface area is 253 Å². The van der Waals surface area contributed by atoms with E-state index < -0.39 is 16.2 Å². The number of nitro groups is 1. The monoisotopic (exact) mass is 623 g/mol. The standard InChI is InChI=1S/C28H23Cl2N7O6/c1-34-25-24(26(38)35(2)28(34)39)36(15-17-5-6-18(29)13-21(17)30)27(32-25)43-22-11-4-16(12-23(22)42-3)14-31-33-19-7-9-20(10-8-19)37(40)41/h4-14,33H,15H2,1-3H3. The lowest BCUT2D eigenvalue weighted by Crippen LogP contribution is -2.37. The number of hydrazone groups is 1. The quantitative estimate of drug-likeness (QED) is 0.138. The molecule has 0 fully saturated rings. The van der Waals surface area contributed by atoms with Crippen LogP contribution in [0.5, 0.6) is 17.5 Å². The smallest absolute Gasteiger partial charge is 0.332 e. The van der Waals surface area contributed by atoms with Gasteiger partial charge in [-0.25, -0.2) is 4.79 Å². The first-order valence-corrected chi connectivity index (χ1v) is 13.3. The highest BCUT2D eigenvalue weighted by atomic mass is 35.5. The third-order valence-electron chi connectivity index (χ3n) is 6.53. The summed E-state index contributed by atoms with van der Waals surface area (Å²) in [6, 6.07) is 15.9. The number of anilines is 1. The number of halogens is 2. The maximum atomic E-state index is 13.2. The molecule has 0 atom stereocenters. The van der Waals surface area contributed by atoms with Crippen LogP contribution in [0.4, 0.5) is 11.4 Å². The zero-order chi connectivity index (χ0) is 30.8. The van der Waals surface area contributed by atoms with Crippen molar-refractivity contribution in [3.05, 3.63) is 113 Å². The number of imidazole rings is 1. The largest absolute Gasteiger partial charge is 0.493 e. The van der Waals surface area contributed by atoms with Gasteiger partial charge >= 0.3 is 11.7 Å². The van der Waals surface area contributed by atoms with Gasteiger partial charge in [-0.1, -0.05) is 29.3 Å². The number of rotatable bonds is 9. The fourth-order valence-electron chi connectivity index (χ4n) is 4.26. The van der Waals surface area contributed by atoms with Crippen LogP contribution in [0.1, 0.15) is 11.1 Å². The predicted octanol–water partition coefficient (Wildman–Crippen LogP) is 4.94. The zero-order valence-electron chi connectivity index (χ0n) is 22.9. The number of methoxy groups -OCH3 is 1. The average molecular weight is 624 g/mol. The number of aryl methyl sites for hydroxylation is 1. The van der Waals surface area contributed by atoms with Gasteiger partial charge in [-0.05, 0) is 53.6 Å². The lowest BCUT2D eigenvalue weighted by molar-refractivity contribution is -0.384. The van der Waals surface area contributed by atoms with Crippen LogP contribution >= 0.6 is 23.2 Å². The summed E-state index contributed by atoms with van der Waals surface area (Å²) in [5, 5.41) is 15.8. The van der Waals surface area contributed by atoms with Gasteiger partial charge in [0.15, 0.2) is 22.7 Å². The molecule has 0 amide bonds. The van der Waals surface area contributed by atoms with Crippen LogP contribution in [0, 0.1) is 10.1 Å². The van der Waals surface area contributed by atoms with Gasteiger partial charge in [0.25, 0.3) is 11.2 Å². The minimum absolute atomic E-state index is 0.0257. The molecule has 5 aromatic rings. The topological polar surface area (TPSA) is 148 Å². The van der Waals surface area contributed by atoms with Gasteiger partial charge < -0.3 is 9.47 Å². The molecule has 1 N–H and O–H groups in total. The summed E-state index contributed by atoms with van der Waals surface area (Å²) in [5.74, 6) is 0.618. The van der Waals surface area contributed by atoms with Gasteiger partial charge in [-0.15, -0.1) is 0 Å². The highest BCUT2D eigenvalue weighted by Crippen LogP contribution is 2.34. The predicted molar refractivity (Wildman–Crippen MR) is 163 cm³/mol. The summed E-state index contributed by atoms with van der Waals surface area (Å²) in [5.41, 5.74) is 3.82. The van der Waals surface area contributed by atoms with Crippen LogP contribution in [-0.2, 0) is 20.6 Å². The van der Waals surface area contributed by atoms with Crippen molar-refractivity contribution in [1.82, 2.24) is 18.7 Å². The molecule has 0 saturated heterocycles. The molecule has 0 aliphatic carbocycles. The van der Waals surface area contributed by atoms with E-state index in [0.29, 0.717) is 32.6 Å². The molecule has 3 aromatic carbocycles. The maximum absolute atomic E-state index is 13.2. The van der Waals surface area contributed by atoms with Gasteiger partial charge in [0.2, 0.25) is 0 Å². The van der Waals surface area contributed by atoms with Gasteiger partial charge in [-0.2, -0.15) is 10.1 Å². The van der Waals surface area contributed by atoms with Crippen molar-refractivity contribution in [2.75, 3.05) is 12.5 Å². The Morgan fingerprint density at radius 3 is 2.44 bits per heavy atom. The summed E-state index contributed by atoms with van der Waals surface area (Å²) in [6.45, 7) is 0.0939. The number of aromatic nitrogens is 4. The van der Waals surface area contributed by atoms with E-state index in [9.17, 15) is 19.7 Å². The molecule has 220 valence electrons. The van der Waals surface area contributed by atoms with E-state index in [1.54, 1.807) is 48.5 Å². The molecule has 43 heavy (non-hydrogen) atoms. The number of benzene rings is 3. The number of non-ortho nitro benzene ring substituents is 1. The molecular weight excluding hydrogens is 601 g/mol. The third-order valence-corrected chi connectivity index (χ3v) is 7.12. The first kappa shape index (κ1) is 29.4. The van der Waals surface area contributed by atoms with E-state index >= 15 is 0 Å². The SMILES string of the molecule is COc1cc(C=NNc2ccc([N+](=O)[O-])cc2)ccc1Oc1nc2c(c(=O)n(C)c(=O)n2C)n1Cc1ccc(Cl)cc1Cl. The molecule has 2 heterocycles. The second kappa shape index (κ2) is 12.0. The molecule has 0 radical (unpaired) electrons. The van der Waals surface area contributed by atoms with Crippen LogP contribution in [0.25, 0.3) is 11.2 Å². The van der Waals surface area contributed by atoms with E-state index in [4.69, 9.17) is 32.7 Å². The molecule has 5 rings (SSSR count). The number of nitrogens with one attached hydrogen (secondary N) is 1. The Hall–Kier alpha value is -5.14. The summed E-state index contributed by atoms with van der Waals surface area (Å²) >= 11 is 12.5. The third kappa shape index (κ3) is 5.94. The molecule has 0 unspecified atom stereocenters. The van der Waals surface area contributed by atoms with Gasteiger partial charge in [-0.3, -0.25) is 34.0 Å². The van der Waals surface area contributed by atoms with Gasteiger partial charge in [0.05, 0.1) is 30.5 Å². The highest BCUT2D eigenvalue weighted by molar-refractivity contribution is 6.35. The van der Waals surface area contributed by atoms with E-state index in [0.717, 1.165) is 4.57 Å². The van der Waals surface area contributed by atoms with Crippen molar-refractivity contribution in [1.29, 1.82) is 0 Å². The zero-order valence-corrected chi connectivity index (χ0v) is 24.5. The van der Waals surface area contributed by atoms with Crippen LogP contribution in [-0.4, -0.2) is 36.9 Å². The Balaban J connectivity index is 1.49. The minimum atomic E-state index is -0.551. The van der Waals surface area contributed by atoms with Gasteiger partial charge in [0, 0.05) is 36.3 Å². The first-order valence-electron chi connectivity index (χ1n) is 12.6. The number of ether oxygens (including phenoxy) is 2. The molecule has 13 nitrogen and oxygen atoms in total. The van der Waals surface area contributed by atoms with Crippen LogP contribution in [0.3, 0.4) is 0 Å². The lowest BCUT2D eigenvalue weighted by Gasteiger charge is -2.13. The van der Waals surface area contributed by atoms with E-state index in [1.165, 1.54) is 48.7 Å². The highest BCUT2D eigenvalue weighted by Gasteiger charge is 2.22. The number of nitro benzene ring substituents is 1. The number of nitrogens with zero attached hydrogens (tertiary/aromatic N) is 6. The fourth-order valence-corrected chi connectivity index (χ4v) is 4.73. The number of hydrogen-bond acceptors (Lipinski definition) is 9. The number of hydrogen-bond donors (Lipinski definition) is 1. The second-order valence-electron chi connectivity index (χ2n) is 9.28. The molecule has 0 saturated carbocycles. The molecule has 2 aromatic heterocycles.